The second-order valence-electron chi connectivity index (χ2n) is 5.04. The fraction of sp³-hybridized carbons (Fsp3) is 0.400. The SMILES string of the molecule is Cc1ccc2oc(C3CCNCC3)cc(=O)c2c1. The van der Waals surface area contributed by atoms with Crippen LogP contribution >= 0.6 is 0 Å². The lowest BCUT2D eigenvalue weighted by molar-refractivity contribution is 0.392. The average molecular weight is 243 g/mol. The van der Waals surface area contributed by atoms with E-state index in [1.165, 1.54) is 0 Å². The van der Waals surface area contributed by atoms with Gasteiger partial charge in [0.2, 0.25) is 0 Å². The Kier molecular flexibility index (Phi) is 2.92. The molecule has 0 aliphatic carbocycles. The summed E-state index contributed by atoms with van der Waals surface area (Å²) in [6.45, 7) is 3.99. The molecule has 18 heavy (non-hydrogen) atoms. The van der Waals surface area contributed by atoms with Crippen LogP contribution in [0.5, 0.6) is 0 Å². The first kappa shape index (κ1) is 11.5. The van der Waals surface area contributed by atoms with E-state index in [1.54, 1.807) is 6.07 Å². The van der Waals surface area contributed by atoms with Crippen LogP contribution in [-0.2, 0) is 0 Å². The van der Waals surface area contributed by atoms with Crippen molar-refractivity contribution in [2.75, 3.05) is 13.1 Å². The number of nitrogens with one attached hydrogen (secondary N) is 1. The fourth-order valence-corrected chi connectivity index (χ4v) is 2.60. The summed E-state index contributed by atoms with van der Waals surface area (Å²) < 4.78 is 5.91. The van der Waals surface area contributed by atoms with Crippen LogP contribution in [0.1, 0.15) is 30.1 Å². The van der Waals surface area contributed by atoms with Crippen molar-refractivity contribution >= 4 is 11.0 Å². The number of hydrogen-bond donors (Lipinski definition) is 1. The first-order chi connectivity index (χ1) is 8.74. The smallest absolute Gasteiger partial charge is 0.192 e. The zero-order chi connectivity index (χ0) is 12.5. The zero-order valence-electron chi connectivity index (χ0n) is 10.5. The Labute approximate surface area is 106 Å². The van der Waals surface area contributed by atoms with Crippen molar-refractivity contribution in [3.8, 4) is 0 Å². The molecule has 3 heteroatoms. The van der Waals surface area contributed by atoms with E-state index in [4.69, 9.17) is 4.42 Å². The summed E-state index contributed by atoms with van der Waals surface area (Å²) in [7, 11) is 0. The van der Waals surface area contributed by atoms with E-state index in [9.17, 15) is 4.79 Å². The molecule has 3 rings (SSSR count). The summed E-state index contributed by atoms with van der Waals surface area (Å²) in [5.74, 6) is 1.22. The average Bonchev–Trinajstić information content (AvgIpc) is 2.40. The summed E-state index contributed by atoms with van der Waals surface area (Å²) in [6, 6.07) is 7.46. The van der Waals surface area contributed by atoms with E-state index in [1.807, 2.05) is 25.1 Å². The van der Waals surface area contributed by atoms with Gasteiger partial charge in [-0.2, -0.15) is 0 Å². The summed E-state index contributed by atoms with van der Waals surface area (Å²) in [5.41, 5.74) is 1.87. The normalized spacial score (nSPS) is 17.2. The summed E-state index contributed by atoms with van der Waals surface area (Å²) in [5, 5.41) is 4.01. The predicted octanol–water partition coefficient (Wildman–Crippen LogP) is 2.57. The van der Waals surface area contributed by atoms with Crippen LogP contribution in [0, 0.1) is 6.92 Å². The highest BCUT2D eigenvalue weighted by Gasteiger charge is 2.18. The van der Waals surface area contributed by atoms with Crippen LogP contribution in [0.3, 0.4) is 0 Å². The summed E-state index contributed by atoms with van der Waals surface area (Å²) >= 11 is 0. The van der Waals surface area contributed by atoms with Crippen LogP contribution in [0.4, 0.5) is 0 Å². The van der Waals surface area contributed by atoms with Crippen molar-refractivity contribution in [1.82, 2.24) is 5.32 Å². The molecule has 1 fully saturated rings. The van der Waals surface area contributed by atoms with Crippen molar-refractivity contribution in [2.45, 2.75) is 25.7 Å². The minimum Gasteiger partial charge on any atom is -0.461 e. The Morgan fingerprint density at radius 1 is 1.22 bits per heavy atom. The fourth-order valence-electron chi connectivity index (χ4n) is 2.60. The third kappa shape index (κ3) is 2.06. The number of piperidine rings is 1. The third-order valence-electron chi connectivity index (χ3n) is 3.64. The van der Waals surface area contributed by atoms with Crippen molar-refractivity contribution in [2.24, 2.45) is 0 Å². The molecule has 3 nitrogen and oxygen atoms in total. The van der Waals surface area contributed by atoms with Crippen molar-refractivity contribution in [3.63, 3.8) is 0 Å². The lowest BCUT2D eigenvalue weighted by Crippen LogP contribution is -2.27. The Hall–Kier alpha value is -1.61. The molecule has 1 saturated heterocycles. The molecule has 1 aromatic carbocycles. The van der Waals surface area contributed by atoms with Gasteiger partial charge in [0.1, 0.15) is 11.3 Å². The summed E-state index contributed by atoms with van der Waals surface area (Å²) in [6.07, 6.45) is 2.08. The van der Waals surface area contributed by atoms with Gasteiger partial charge in [-0.1, -0.05) is 11.6 Å². The second-order valence-corrected chi connectivity index (χ2v) is 5.04. The molecule has 0 bridgehead atoms. The van der Waals surface area contributed by atoms with E-state index < -0.39 is 0 Å². The van der Waals surface area contributed by atoms with E-state index in [2.05, 4.69) is 5.32 Å². The molecule has 2 heterocycles. The molecule has 0 radical (unpaired) electrons. The Morgan fingerprint density at radius 3 is 2.78 bits per heavy atom. The maximum Gasteiger partial charge on any atom is 0.192 e. The van der Waals surface area contributed by atoms with Crippen molar-refractivity contribution in [1.29, 1.82) is 0 Å². The van der Waals surface area contributed by atoms with Crippen LogP contribution in [0.15, 0.2) is 33.5 Å². The number of hydrogen-bond acceptors (Lipinski definition) is 3. The topological polar surface area (TPSA) is 42.2 Å². The molecule has 0 saturated carbocycles. The van der Waals surface area contributed by atoms with Gasteiger partial charge in [0.15, 0.2) is 5.43 Å². The first-order valence-corrected chi connectivity index (χ1v) is 6.49. The number of benzene rings is 1. The molecule has 1 aliphatic rings. The highest BCUT2D eigenvalue weighted by Crippen LogP contribution is 2.26. The molecule has 1 aromatic heterocycles. The van der Waals surface area contributed by atoms with Gasteiger partial charge in [-0.3, -0.25) is 4.79 Å². The van der Waals surface area contributed by atoms with Gasteiger partial charge < -0.3 is 9.73 Å². The van der Waals surface area contributed by atoms with Gasteiger partial charge in [-0.05, 0) is 45.0 Å². The van der Waals surface area contributed by atoms with Gasteiger partial charge in [-0.15, -0.1) is 0 Å². The predicted molar refractivity (Wildman–Crippen MR) is 72.1 cm³/mol. The molecular formula is C15H17NO2. The van der Waals surface area contributed by atoms with Gasteiger partial charge in [0.25, 0.3) is 0 Å². The van der Waals surface area contributed by atoms with Gasteiger partial charge in [-0.25, -0.2) is 0 Å². The molecule has 0 atom stereocenters. The standard InChI is InChI=1S/C15H17NO2/c1-10-2-3-14-12(8-10)13(17)9-15(18-14)11-4-6-16-7-5-11/h2-3,8-9,11,16H,4-7H2,1H3. The number of aryl methyl sites for hydroxylation is 1. The molecule has 0 spiro atoms. The van der Waals surface area contributed by atoms with E-state index in [0.717, 1.165) is 37.3 Å². The first-order valence-electron chi connectivity index (χ1n) is 6.49. The minimum absolute atomic E-state index is 0.0773. The number of rotatable bonds is 1. The summed E-state index contributed by atoms with van der Waals surface area (Å²) in [4.78, 5) is 12.1. The highest BCUT2D eigenvalue weighted by molar-refractivity contribution is 5.77. The lowest BCUT2D eigenvalue weighted by Gasteiger charge is -2.21. The molecule has 0 amide bonds. The Bertz CT molecular complexity index is 624. The molecular weight excluding hydrogens is 226 g/mol. The Morgan fingerprint density at radius 2 is 2.00 bits per heavy atom. The van der Waals surface area contributed by atoms with Gasteiger partial charge in [0, 0.05) is 12.0 Å². The van der Waals surface area contributed by atoms with Gasteiger partial charge >= 0.3 is 0 Å². The molecule has 94 valence electrons. The zero-order valence-corrected chi connectivity index (χ0v) is 10.5. The molecule has 0 unspecified atom stereocenters. The van der Waals surface area contributed by atoms with Crippen molar-refractivity contribution in [3.05, 3.63) is 45.8 Å². The van der Waals surface area contributed by atoms with Crippen LogP contribution in [-0.4, -0.2) is 13.1 Å². The second kappa shape index (κ2) is 4.58. The maximum absolute atomic E-state index is 12.1. The van der Waals surface area contributed by atoms with E-state index in [-0.39, 0.29) is 5.43 Å². The van der Waals surface area contributed by atoms with E-state index >= 15 is 0 Å². The molecule has 1 aliphatic heterocycles. The van der Waals surface area contributed by atoms with Gasteiger partial charge in [0.05, 0.1) is 5.39 Å². The lowest BCUT2D eigenvalue weighted by atomic mass is 9.95. The van der Waals surface area contributed by atoms with Crippen LogP contribution < -0.4 is 10.7 Å². The highest BCUT2D eigenvalue weighted by atomic mass is 16.3. The number of fused-ring (bicyclic) bond motifs is 1. The third-order valence-corrected chi connectivity index (χ3v) is 3.64. The minimum atomic E-state index is 0.0773. The van der Waals surface area contributed by atoms with Crippen LogP contribution in [0.25, 0.3) is 11.0 Å². The Balaban J connectivity index is 2.09. The molecule has 2 aromatic rings. The quantitative estimate of drug-likeness (QED) is 0.837. The maximum atomic E-state index is 12.1. The molecule has 1 N–H and O–H groups in total. The largest absolute Gasteiger partial charge is 0.461 e. The van der Waals surface area contributed by atoms with Crippen LogP contribution in [0.2, 0.25) is 0 Å². The van der Waals surface area contributed by atoms with E-state index in [0.29, 0.717) is 16.9 Å². The monoisotopic (exact) mass is 243 g/mol. The van der Waals surface area contributed by atoms with Crippen molar-refractivity contribution < 1.29 is 4.42 Å².